The minimum absolute atomic E-state index is 0.0137. The summed E-state index contributed by atoms with van der Waals surface area (Å²) in [5.41, 5.74) is 1.44. The van der Waals surface area contributed by atoms with Crippen LogP contribution in [-0.2, 0) is 22.6 Å². The molecule has 0 amide bonds. The molecule has 0 atom stereocenters. The summed E-state index contributed by atoms with van der Waals surface area (Å²) in [6.45, 7) is 0.955. The lowest BCUT2D eigenvalue weighted by Crippen LogP contribution is -2.16. The number of fused-ring (bicyclic) bond motifs is 1. The average molecular weight is 424 g/mol. The summed E-state index contributed by atoms with van der Waals surface area (Å²) >= 11 is 11.9. The monoisotopic (exact) mass is 423 g/mol. The van der Waals surface area contributed by atoms with Gasteiger partial charge >= 0.3 is 0 Å². The molecule has 0 saturated heterocycles. The van der Waals surface area contributed by atoms with Gasteiger partial charge in [0.25, 0.3) is 5.56 Å². The third kappa shape index (κ3) is 4.89. The van der Waals surface area contributed by atoms with E-state index in [1.54, 1.807) is 16.8 Å². The van der Waals surface area contributed by atoms with Crippen LogP contribution in [0.5, 0.6) is 0 Å². The second kappa shape index (κ2) is 9.18. The van der Waals surface area contributed by atoms with Gasteiger partial charge in [0.2, 0.25) is 5.95 Å². The maximum absolute atomic E-state index is 12.5. The van der Waals surface area contributed by atoms with Crippen LogP contribution in [-0.4, -0.2) is 39.2 Å². The molecule has 0 saturated carbocycles. The van der Waals surface area contributed by atoms with Crippen molar-refractivity contribution in [3.8, 4) is 0 Å². The van der Waals surface area contributed by atoms with E-state index >= 15 is 0 Å². The minimum atomic E-state index is -0.303. The van der Waals surface area contributed by atoms with Crippen LogP contribution < -0.4 is 10.9 Å². The molecule has 0 radical (unpaired) electrons. The summed E-state index contributed by atoms with van der Waals surface area (Å²) in [6, 6.07) is 5.29. The molecule has 3 rings (SSSR count). The summed E-state index contributed by atoms with van der Waals surface area (Å²) < 4.78 is 6.36. The highest BCUT2D eigenvalue weighted by Gasteiger charge is 2.11. The Morgan fingerprint density at radius 2 is 2.14 bits per heavy atom. The first-order valence-electron chi connectivity index (χ1n) is 8.62. The number of rotatable bonds is 9. The van der Waals surface area contributed by atoms with Gasteiger partial charge in [-0.3, -0.25) is 19.3 Å². The Bertz CT molecular complexity index is 1050. The number of ether oxygens (including phenoxy) is 1. The number of nitrogens with one attached hydrogen (secondary N) is 2. The highest BCUT2D eigenvalue weighted by atomic mass is 35.5. The topological polar surface area (TPSA) is 102 Å². The number of carbonyl (C=O) groups is 1. The van der Waals surface area contributed by atoms with Crippen LogP contribution in [0.3, 0.4) is 0 Å². The number of benzene rings is 1. The maximum atomic E-state index is 12.5. The molecule has 0 fully saturated rings. The van der Waals surface area contributed by atoms with Crippen molar-refractivity contribution in [1.29, 1.82) is 0 Å². The van der Waals surface area contributed by atoms with Crippen LogP contribution in [0.25, 0.3) is 11.0 Å². The largest absolute Gasteiger partial charge is 0.377 e. The lowest BCUT2D eigenvalue weighted by molar-refractivity contribution is -0.122. The summed E-state index contributed by atoms with van der Waals surface area (Å²) in [5, 5.41) is 8.21. The predicted molar refractivity (Wildman–Crippen MR) is 108 cm³/mol. The van der Waals surface area contributed by atoms with E-state index in [0.717, 1.165) is 5.56 Å². The molecule has 8 nitrogen and oxygen atoms in total. The van der Waals surface area contributed by atoms with Crippen molar-refractivity contribution in [3.05, 3.63) is 50.4 Å². The lowest BCUT2D eigenvalue weighted by Gasteiger charge is -2.07. The van der Waals surface area contributed by atoms with Crippen LogP contribution >= 0.6 is 23.2 Å². The van der Waals surface area contributed by atoms with Gasteiger partial charge in [-0.15, -0.1) is 0 Å². The number of hydrogen-bond donors (Lipinski definition) is 2. The zero-order chi connectivity index (χ0) is 20.1. The minimum Gasteiger partial charge on any atom is -0.377 e. The summed E-state index contributed by atoms with van der Waals surface area (Å²) in [5.74, 6) is 0.346. The standard InChI is InChI=1S/C18H19Cl2N5O3/c1-28-10-12(26)3-2-6-25-16-15(9-22-25)23-18(24-17(16)27)21-8-11-4-5-13(19)14(20)7-11/h4-5,7,9H,2-3,6,8,10H2,1H3,(H2,21,23,24,27). The van der Waals surface area contributed by atoms with Crippen molar-refractivity contribution in [3.63, 3.8) is 0 Å². The van der Waals surface area contributed by atoms with Gasteiger partial charge in [0.1, 0.15) is 12.1 Å². The van der Waals surface area contributed by atoms with Crippen molar-refractivity contribution in [1.82, 2.24) is 19.7 Å². The molecule has 0 unspecified atom stereocenters. The van der Waals surface area contributed by atoms with E-state index in [2.05, 4.69) is 20.4 Å². The number of methoxy groups -OCH3 is 1. The van der Waals surface area contributed by atoms with Gasteiger partial charge in [0.15, 0.2) is 11.3 Å². The molecule has 0 aliphatic heterocycles. The van der Waals surface area contributed by atoms with Gasteiger partial charge in [-0.1, -0.05) is 29.3 Å². The fourth-order valence-corrected chi connectivity index (χ4v) is 3.07. The first-order chi connectivity index (χ1) is 13.5. The summed E-state index contributed by atoms with van der Waals surface area (Å²) in [6.07, 6.45) is 2.46. The average Bonchev–Trinajstić information content (AvgIpc) is 3.06. The normalized spacial score (nSPS) is 11.1. The van der Waals surface area contributed by atoms with Crippen LogP contribution in [0.15, 0.2) is 29.2 Å². The summed E-state index contributed by atoms with van der Waals surface area (Å²) in [7, 11) is 1.48. The third-order valence-corrected chi connectivity index (χ3v) is 4.81. The third-order valence-electron chi connectivity index (χ3n) is 4.07. The zero-order valence-corrected chi connectivity index (χ0v) is 16.7. The number of carbonyl (C=O) groups excluding carboxylic acids is 1. The number of nitrogens with zero attached hydrogens (tertiary/aromatic N) is 3. The summed E-state index contributed by atoms with van der Waals surface area (Å²) in [4.78, 5) is 31.1. The number of Topliss-reactive ketones (excluding diaryl/α,β-unsaturated/α-hetero) is 1. The van der Waals surface area contributed by atoms with E-state index in [1.807, 2.05) is 6.07 Å². The van der Waals surface area contributed by atoms with Crippen molar-refractivity contribution in [2.75, 3.05) is 19.0 Å². The molecule has 0 spiro atoms. The highest BCUT2D eigenvalue weighted by Crippen LogP contribution is 2.22. The van der Waals surface area contributed by atoms with E-state index in [-0.39, 0.29) is 17.9 Å². The molecule has 28 heavy (non-hydrogen) atoms. The van der Waals surface area contributed by atoms with E-state index in [1.165, 1.54) is 13.3 Å². The molecular formula is C18H19Cl2N5O3. The quantitative estimate of drug-likeness (QED) is 0.548. The first kappa shape index (κ1) is 20.3. The van der Waals surface area contributed by atoms with Crippen LogP contribution in [0, 0.1) is 0 Å². The number of aryl methyl sites for hydroxylation is 1. The Morgan fingerprint density at radius 1 is 1.32 bits per heavy atom. The fourth-order valence-electron chi connectivity index (χ4n) is 2.75. The fraction of sp³-hybridized carbons (Fsp3) is 0.333. The molecule has 2 heterocycles. The van der Waals surface area contributed by atoms with Crippen LogP contribution in [0.2, 0.25) is 10.0 Å². The van der Waals surface area contributed by atoms with E-state index < -0.39 is 0 Å². The molecule has 0 aliphatic rings. The van der Waals surface area contributed by atoms with Crippen molar-refractivity contribution < 1.29 is 9.53 Å². The van der Waals surface area contributed by atoms with Crippen molar-refractivity contribution in [2.24, 2.45) is 0 Å². The number of halogens is 2. The number of ketones is 1. The Hall–Kier alpha value is -2.42. The Balaban J connectivity index is 1.68. The van der Waals surface area contributed by atoms with Gasteiger partial charge in [0, 0.05) is 26.6 Å². The van der Waals surface area contributed by atoms with Crippen molar-refractivity contribution >= 4 is 46.0 Å². The molecule has 3 aromatic rings. The van der Waals surface area contributed by atoms with Gasteiger partial charge in [-0.2, -0.15) is 5.10 Å². The molecule has 2 N–H and O–H groups in total. The highest BCUT2D eigenvalue weighted by molar-refractivity contribution is 6.42. The second-order valence-corrected chi connectivity index (χ2v) is 7.01. The van der Waals surface area contributed by atoms with Gasteiger partial charge in [0.05, 0.1) is 16.2 Å². The number of hydrogen-bond acceptors (Lipinski definition) is 6. The van der Waals surface area contributed by atoms with Crippen LogP contribution in [0.1, 0.15) is 18.4 Å². The zero-order valence-electron chi connectivity index (χ0n) is 15.2. The Kier molecular flexibility index (Phi) is 6.66. The van der Waals surface area contributed by atoms with E-state index in [0.29, 0.717) is 53.0 Å². The van der Waals surface area contributed by atoms with Crippen LogP contribution in [0.4, 0.5) is 5.95 Å². The predicted octanol–water partition coefficient (Wildman–Crippen LogP) is 3.03. The molecule has 0 bridgehead atoms. The van der Waals surface area contributed by atoms with Gasteiger partial charge < -0.3 is 10.1 Å². The number of aromatic amines is 1. The lowest BCUT2D eigenvalue weighted by atomic mass is 10.2. The number of anilines is 1. The van der Waals surface area contributed by atoms with E-state index in [4.69, 9.17) is 27.9 Å². The molecule has 2 aromatic heterocycles. The van der Waals surface area contributed by atoms with Crippen molar-refractivity contribution in [2.45, 2.75) is 25.9 Å². The molecule has 10 heteroatoms. The molecule has 148 valence electrons. The molecular weight excluding hydrogens is 405 g/mol. The molecule has 1 aromatic carbocycles. The Morgan fingerprint density at radius 3 is 2.89 bits per heavy atom. The number of aromatic nitrogens is 4. The second-order valence-electron chi connectivity index (χ2n) is 6.19. The number of H-pyrrole nitrogens is 1. The maximum Gasteiger partial charge on any atom is 0.278 e. The Labute approximate surface area is 170 Å². The van der Waals surface area contributed by atoms with E-state index in [9.17, 15) is 9.59 Å². The molecule has 0 aliphatic carbocycles. The smallest absolute Gasteiger partial charge is 0.278 e. The SMILES string of the molecule is COCC(=O)CCCn1ncc2nc(NCc3ccc(Cl)c(Cl)c3)[nH]c(=O)c21. The first-order valence-corrected chi connectivity index (χ1v) is 9.38. The van der Waals surface area contributed by atoms with Gasteiger partial charge in [-0.05, 0) is 24.1 Å². The van der Waals surface area contributed by atoms with Gasteiger partial charge in [-0.25, -0.2) is 4.98 Å².